The number of amides is 1. The van der Waals surface area contributed by atoms with Gasteiger partial charge in [0, 0.05) is 18.7 Å². The van der Waals surface area contributed by atoms with Crippen LogP contribution in [-0.4, -0.2) is 22.1 Å². The highest BCUT2D eigenvalue weighted by molar-refractivity contribution is 5.89. The summed E-state index contributed by atoms with van der Waals surface area (Å²) in [4.78, 5) is 21.6. The van der Waals surface area contributed by atoms with E-state index in [4.69, 9.17) is 5.11 Å². The summed E-state index contributed by atoms with van der Waals surface area (Å²) in [5.74, 6) is -1.67. The molecule has 0 saturated heterocycles. The van der Waals surface area contributed by atoms with E-state index >= 15 is 0 Å². The summed E-state index contributed by atoms with van der Waals surface area (Å²) in [6.07, 6.45) is 0.302. The summed E-state index contributed by atoms with van der Waals surface area (Å²) >= 11 is 0. The third-order valence-corrected chi connectivity index (χ3v) is 2.26. The molecule has 0 fully saturated rings. The summed E-state index contributed by atoms with van der Waals surface area (Å²) in [6, 6.07) is 4.56. The fraction of sp³-hybridized carbons (Fsp3) is 0.333. The smallest absolute Gasteiger partial charge is 0.306 e. The molecule has 17 heavy (non-hydrogen) atoms. The van der Waals surface area contributed by atoms with Crippen LogP contribution in [0, 0.1) is 5.92 Å². The molecule has 0 bridgehead atoms. The molecule has 1 rings (SSSR count). The highest BCUT2D eigenvalue weighted by Crippen LogP contribution is 2.22. The molecule has 5 heteroatoms. The van der Waals surface area contributed by atoms with Gasteiger partial charge >= 0.3 is 5.97 Å². The van der Waals surface area contributed by atoms with Crippen LogP contribution in [0.4, 0.5) is 5.69 Å². The highest BCUT2D eigenvalue weighted by atomic mass is 16.4. The molecule has 0 aromatic heterocycles. The molecule has 5 nitrogen and oxygen atoms in total. The number of carbonyl (C=O) groups is 2. The van der Waals surface area contributed by atoms with Crippen LogP contribution in [-0.2, 0) is 16.0 Å². The molecule has 0 aliphatic heterocycles. The summed E-state index contributed by atoms with van der Waals surface area (Å²) in [7, 11) is 0. The van der Waals surface area contributed by atoms with E-state index in [1.54, 1.807) is 13.0 Å². The predicted molar refractivity (Wildman–Crippen MR) is 62.9 cm³/mol. The first-order valence-electron chi connectivity index (χ1n) is 5.22. The van der Waals surface area contributed by atoms with E-state index in [0.717, 1.165) is 0 Å². The summed E-state index contributed by atoms with van der Waals surface area (Å²) in [5, 5.41) is 20.8. The molecule has 1 amide bonds. The number of rotatable bonds is 4. The van der Waals surface area contributed by atoms with Crippen molar-refractivity contribution in [2.45, 2.75) is 20.3 Å². The fourth-order valence-electron chi connectivity index (χ4n) is 1.51. The lowest BCUT2D eigenvalue weighted by molar-refractivity contribution is -0.141. The van der Waals surface area contributed by atoms with Gasteiger partial charge in [-0.2, -0.15) is 0 Å². The Labute approximate surface area is 99.1 Å². The molecule has 1 atom stereocenters. The number of carbonyl (C=O) groups excluding carboxylic acids is 1. The van der Waals surface area contributed by atoms with E-state index in [1.165, 1.54) is 19.1 Å². The van der Waals surface area contributed by atoms with Gasteiger partial charge in [-0.25, -0.2) is 0 Å². The maximum atomic E-state index is 10.9. The molecular weight excluding hydrogens is 222 g/mol. The minimum Gasteiger partial charge on any atom is -0.508 e. The van der Waals surface area contributed by atoms with Crippen LogP contribution in [0.2, 0.25) is 0 Å². The summed E-state index contributed by atoms with van der Waals surface area (Å²) in [5.41, 5.74) is 1.13. The molecule has 0 radical (unpaired) electrons. The average Bonchev–Trinajstić information content (AvgIpc) is 2.14. The van der Waals surface area contributed by atoms with Crippen molar-refractivity contribution >= 4 is 17.6 Å². The number of nitrogens with one attached hydrogen (secondary N) is 1. The van der Waals surface area contributed by atoms with Gasteiger partial charge in [-0.3, -0.25) is 9.59 Å². The van der Waals surface area contributed by atoms with Crippen LogP contribution in [0.1, 0.15) is 19.4 Å². The number of carboxylic acids is 1. The van der Waals surface area contributed by atoms with Crippen LogP contribution in [0.5, 0.6) is 5.75 Å². The number of aromatic hydroxyl groups is 1. The van der Waals surface area contributed by atoms with Crippen molar-refractivity contribution in [1.29, 1.82) is 0 Å². The second-order valence-corrected chi connectivity index (χ2v) is 4.01. The number of phenolic OH excluding ortho intramolecular Hbond substituents is 1. The molecule has 0 heterocycles. The summed E-state index contributed by atoms with van der Waals surface area (Å²) in [6.45, 7) is 2.95. The summed E-state index contributed by atoms with van der Waals surface area (Å²) < 4.78 is 0. The number of carboxylic acid groups (broad SMARTS) is 1. The first kappa shape index (κ1) is 13.0. The zero-order chi connectivity index (χ0) is 13.0. The lowest BCUT2D eigenvalue weighted by atomic mass is 10.0. The number of anilines is 1. The zero-order valence-corrected chi connectivity index (χ0v) is 9.73. The van der Waals surface area contributed by atoms with E-state index in [1.807, 2.05) is 0 Å². The molecule has 0 unspecified atom stereocenters. The van der Waals surface area contributed by atoms with Gasteiger partial charge in [-0.05, 0) is 24.1 Å². The Bertz CT molecular complexity index is 442. The molecule has 92 valence electrons. The van der Waals surface area contributed by atoms with E-state index < -0.39 is 11.9 Å². The molecule has 0 aliphatic rings. The third kappa shape index (κ3) is 4.14. The van der Waals surface area contributed by atoms with Gasteiger partial charge in [-0.1, -0.05) is 6.92 Å². The van der Waals surface area contributed by atoms with Crippen molar-refractivity contribution in [2.24, 2.45) is 5.92 Å². The van der Waals surface area contributed by atoms with Crippen molar-refractivity contribution < 1.29 is 19.8 Å². The quantitative estimate of drug-likeness (QED) is 0.742. The number of phenols is 1. The minimum atomic E-state index is -0.894. The Morgan fingerprint density at radius 2 is 2.00 bits per heavy atom. The van der Waals surface area contributed by atoms with Crippen molar-refractivity contribution in [3.63, 3.8) is 0 Å². The van der Waals surface area contributed by atoms with Crippen LogP contribution in [0.3, 0.4) is 0 Å². The van der Waals surface area contributed by atoms with Gasteiger partial charge in [0.2, 0.25) is 5.91 Å². The zero-order valence-electron chi connectivity index (χ0n) is 9.73. The van der Waals surface area contributed by atoms with Crippen LogP contribution >= 0.6 is 0 Å². The Morgan fingerprint density at radius 3 is 2.53 bits per heavy atom. The highest BCUT2D eigenvalue weighted by Gasteiger charge is 2.12. The number of hydrogen-bond donors (Lipinski definition) is 3. The maximum Gasteiger partial charge on any atom is 0.306 e. The van der Waals surface area contributed by atoms with Gasteiger partial charge < -0.3 is 15.5 Å². The number of benzene rings is 1. The Hall–Kier alpha value is -2.04. The molecule has 3 N–H and O–H groups in total. The van der Waals surface area contributed by atoms with Crippen molar-refractivity contribution in [1.82, 2.24) is 0 Å². The second kappa shape index (κ2) is 5.34. The minimum absolute atomic E-state index is 0.00355. The van der Waals surface area contributed by atoms with Gasteiger partial charge in [0.1, 0.15) is 5.75 Å². The first-order chi connectivity index (χ1) is 7.88. The topological polar surface area (TPSA) is 86.6 Å². The van der Waals surface area contributed by atoms with E-state index in [2.05, 4.69) is 5.32 Å². The van der Waals surface area contributed by atoms with E-state index in [9.17, 15) is 14.7 Å². The van der Waals surface area contributed by atoms with Crippen LogP contribution < -0.4 is 5.32 Å². The van der Waals surface area contributed by atoms with Gasteiger partial charge in [0.05, 0.1) is 5.92 Å². The lowest BCUT2D eigenvalue weighted by Crippen LogP contribution is -2.12. The van der Waals surface area contributed by atoms with Gasteiger partial charge in [-0.15, -0.1) is 0 Å². The Kier molecular flexibility index (Phi) is 4.09. The monoisotopic (exact) mass is 237 g/mol. The van der Waals surface area contributed by atoms with Gasteiger partial charge in [0.25, 0.3) is 0 Å². The molecule has 1 aromatic rings. The van der Waals surface area contributed by atoms with Crippen molar-refractivity contribution in [3.05, 3.63) is 23.8 Å². The standard InChI is InChI=1S/C12H15NO4/c1-7(12(16)17)3-9-4-10(13-8(2)14)6-11(15)5-9/h4-7,15H,3H2,1-2H3,(H,13,14)(H,16,17)/t7-/m1/s1. The maximum absolute atomic E-state index is 10.9. The van der Waals surface area contributed by atoms with Crippen LogP contribution in [0.25, 0.3) is 0 Å². The molecule has 0 saturated carbocycles. The van der Waals surface area contributed by atoms with Gasteiger partial charge in [0.15, 0.2) is 0 Å². The SMILES string of the molecule is CC(=O)Nc1cc(O)cc(C[C@@H](C)C(=O)O)c1. The third-order valence-electron chi connectivity index (χ3n) is 2.26. The largest absolute Gasteiger partial charge is 0.508 e. The molecule has 1 aromatic carbocycles. The number of hydrogen-bond acceptors (Lipinski definition) is 3. The van der Waals surface area contributed by atoms with E-state index in [-0.39, 0.29) is 11.7 Å². The normalized spacial score (nSPS) is 11.9. The fourth-order valence-corrected chi connectivity index (χ4v) is 1.51. The first-order valence-corrected chi connectivity index (χ1v) is 5.22. The van der Waals surface area contributed by atoms with Crippen molar-refractivity contribution in [2.75, 3.05) is 5.32 Å². The van der Waals surface area contributed by atoms with Crippen molar-refractivity contribution in [3.8, 4) is 5.75 Å². The molecular formula is C12H15NO4. The molecule has 0 spiro atoms. The molecule has 0 aliphatic carbocycles. The van der Waals surface area contributed by atoms with Crippen LogP contribution in [0.15, 0.2) is 18.2 Å². The average molecular weight is 237 g/mol. The predicted octanol–water partition coefficient (Wildman–Crippen LogP) is 1.61. The Balaban J connectivity index is 2.89. The van der Waals surface area contributed by atoms with E-state index in [0.29, 0.717) is 17.7 Å². The lowest BCUT2D eigenvalue weighted by Gasteiger charge is -2.09. The second-order valence-electron chi connectivity index (χ2n) is 4.01. The Morgan fingerprint density at radius 1 is 1.35 bits per heavy atom. The number of aliphatic carboxylic acids is 1.